The van der Waals surface area contributed by atoms with E-state index in [0.717, 1.165) is 0 Å². The predicted molar refractivity (Wildman–Crippen MR) is 27.8 cm³/mol. The number of hydrogen-bond donors (Lipinski definition) is 0. The Labute approximate surface area is 40.0 Å². The van der Waals surface area contributed by atoms with Crippen molar-refractivity contribution in [1.82, 2.24) is 0 Å². The molecule has 0 aromatic heterocycles. The first kappa shape index (κ1) is 5.57. The van der Waals surface area contributed by atoms with Gasteiger partial charge in [-0.1, -0.05) is 0 Å². The summed E-state index contributed by atoms with van der Waals surface area (Å²) in [6.07, 6.45) is 0. The molecule has 0 amide bonds. The molecule has 0 saturated heterocycles. The molecule has 5 heavy (non-hydrogen) atoms. The lowest BCUT2D eigenvalue weighted by atomic mass is 15.8. The lowest BCUT2D eigenvalue weighted by Crippen LogP contribution is -1.96. The normalized spacial score (nSPS) is 8.40. The molecule has 0 N–H and O–H groups in total. The van der Waals surface area contributed by atoms with Crippen LogP contribution in [0.1, 0.15) is 0 Å². The van der Waals surface area contributed by atoms with Gasteiger partial charge in [0.05, 0.1) is 0 Å². The van der Waals surface area contributed by atoms with Crippen LogP contribution in [0.4, 0.5) is 0 Å². The zero-order valence-electron chi connectivity index (χ0n) is 2.94. The summed E-state index contributed by atoms with van der Waals surface area (Å²) in [5, 5.41) is 0. The van der Waals surface area contributed by atoms with Gasteiger partial charge in [0.25, 0.3) is 10.0 Å². The third-order valence-electron chi connectivity index (χ3n) is 0.167. The molecule has 0 aliphatic heterocycles. The average Bonchev–Trinajstić information content (AvgIpc) is 1.41. The van der Waals surface area contributed by atoms with Gasteiger partial charge in [0.1, 0.15) is 0 Å². The van der Waals surface area contributed by atoms with Gasteiger partial charge in [0.15, 0.2) is 21.0 Å². The second-order valence-electron chi connectivity index (χ2n) is 0.526. The summed E-state index contributed by atoms with van der Waals surface area (Å²) in [6.45, 7) is 0. The number of hydrogen-bond acceptors (Lipinski definition) is 2. The van der Waals surface area contributed by atoms with Gasteiger partial charge in [-0.05, 0) is 0 Å². The lowest BCUT2D eigenvalue weighted by Gasteiger charge is -1.87. The van der Waals surface area contributed by atoms with Crippen LogP contribution in [0.25, 0.3) is 0 Å². The first-order valence-corrected chi connectivity index (χ1v) is 3.46. The molecular formula is H6O2Si3. The van der Waals surface area contributed by atoms with Crippen molar-refractivity contribution >= 4 is 31.0 Å². The van der Waals surface area contributed by atoms with E-state index in [2.05, 4.69) is 8.23 Å². The minimum Gasteiger partial charge on any atom is -0.447 e. The highest BCUT2D eigenvalue weighted by molar-refractivity contribution is 6.33. The van der Waals surface area contributed by atoms with E-state index in [4.69, 9.17) is 0 Å². The van der Waals surface area contributed by atoms with Crippen LogP contribution in [0.5, 0.6) is 0 Å². The van der Waals surface area contributed by atoms with Crippen LogP contribution in [-0.4, -0.2) is 31.0 Å². The standard InChI is InChI=1S/H6O2Si3/c3-1-5-2-4/h3-5H2. The van der Waals surface area contributed by atoms with Crippen molar-refractivity contribution in [3.8, 4) is 0 Å². The summed E-state index contributed by atoms with van der Waals surface area (Å²) >= 11 is 0. The van der Waals surface area contributed by atoms with Crippen LogP contribution in [0.2, 0.25) is 0 Å². The van der Waals surface area contributed by atoms with Crippen LogP contribution >= 0.6 is 0 Å². The highest BCUT2D eigenvalue weighted by Crippen LogP contribution is 1.52. The molecule has 0 atom stereocenters. The Bertz CT molecular complexity index is 12.4. The molecule has 2 nitrogen and oxygen atoms in total. The van der Waals surface area contributed by atoms with E-state index in [1.165, 1.54) is 21.0 Å². The molecule has 0 aromatic rings. The molecule has 0 fully saturated rings. The minimum absolute atomic E-state index is 0.543. The summed E-state index contributed by atoms with van der Waals surface area (Å²) < 4.78 is 9.28. The first-order valence-electron chi connectivity index (χ1n) is 1.15. The van der Waals surface area contributed by atoms with Crippen molar-refractivity contribution in [3.05, 3.63) is 0 Å². The Morgan fingerprint density at radius 2 is 1.60 bits per heavy atom. The van der Waals surface area contributed by atoms with E-state index in [1.807, 2.05) is 0 Å². The molecular weight excluding hydrogens is 116 g/mol. The maximum atomic E-state index is 4.64. The third kappa shape index (κ3) is 4.57. The first-order chi connectivity index (χ1) is 2.41. The molecule has 0 bridgehead atoms. The van der Waals surface area contributed by atoms with Crippen molar-refractivity contribution in [2.75, 3.05) is 0 Å². The van der Waals surface area contributed by atoms with E-state index in [-0.39, 0.29) is 0 Å². The quantitative estimate of drug-likeness (QED) is 0.366. The van der Waals surface area contributed by atoms with Crippen molar-refractivity contribution in [3.63, 3.8) is 0 Å². The van der Waals surface area contributed by atoms with Crippen LogP contribution in [0, 0.1) is 0 Å². The Morgan fingerprint density at radius 1 is 1.20 bits per heavy atom. The maximum absolute atomic E-state index is 4.64. The van der Waals surface area contributed by atoms with Gasteiger partial charge in [-0.25, -0.2) is 0 Å². The van der Waals surface area contributed by atoms with Gasteiger partial charge < -0.3 is 8.23 Å². The molecule has 5 heteroatoms. The Kier molecular flexibility index (Phi) is 5.09. The van der Waals surface area contributed by atoms with Gasteiger partial charge in [0.2, 0.25) is 0 Å². The molecule has 30 valence electrons. The lowest BCUT2D eigenvalue weighted by molar-refractivity contribution is 0.513. The van der Waals surface area contributed by atoms with E-state index in [1.54, 1.807) is 0 Å². The SMILES string of the molecule is [SiH2]O[SiH2]O[SiH2]. The fourth-order valence-electron chi connectivity index (χ4n) is 0.0589. The molecule has 0 spiro atoms. The molecule has 0 aromatic carbocycles. The molecule has 0 rings (SSSR count). The molecule has 0 aliphatic carbocycles. The van der Waals surface area contributed by atoms with Crippen LogP contribution in [-0.2, 0) is 8.23 Å². The van der Waals surface area contributed by atoms with Gasteiger partial charge in [0, 0.05) is 0 Å². The second kappa shape index (κ2) is 4.57. The second-order valence-corrected chi connectivity index (χ2v) is 4.03. The Hall–Kier alpha value is 0.571. The smallest absolute Gasteiger partial charge is 0.282 e. The van der Waals surface area contributed by atoms with E-state index in [0.29, 0.717) is 0 Å². The largest absolute Gasteiger partial charge is 0.447 e. The molecule has 0 unspecified atom stereocenters. The number of rotatable bonds is 2. The van der Waals surface area contributed by atoms with Crippen molar-refractivity contribution in [1.29, 1.82) is 0 Å². The highest BCUT2D eigenvalue weighted by Gasteiger charge is 1.67. The summed E-state index contributed by atoms with van der Waals surface area (Å²) in [4.78, 5) is 0. The zero-order chi connectivity index (χ0) is 4.12. The van der Waals surface area contributed by atoms with E-state index >= 15 is 0 Å². The van der Waals surface area contributed by atoms with E-state index < -0.39 is 10.0 Å². The zero-order valence-corrected chi connectivity index (χ0v) is 7.18. The molecule has 2 radical (unpaired) electrons. The third-order valence-corrected chi connectivity index (χ3v) is 1.50. The van der Waals surface area contributed by atoms with Crippen LogP contribution in [0.3, 0.4) is 0 Å². The Balaban J connectivity index is 2.19. The fourth-order valence-corrected chi connectivity index (χ4v) is 1.59. The Morgan fingerprint density at radius 3 is 1.60 bits per heavy atom. The summed E-state index contributed by atoms with van der Waals surface area (Å²) in [5.74, 6) is 0. The highest BCUT2D eigenvalue weighted by atomic mass is 28.3. The van der Waals surface area contributed by atoms with Crippen molar-refractivity contribution in [2.45, 2.75) is 0 Å². The van der Waals surface area contributed by atoms with Crippen LogP contribution in [0.15, 0.2) is 0 Å². The van der Waals surface area contributed by atoms with Gasteiger partial charge in [-0.15, -0.1) is 0 Å². The molecule has 0 saturated carbocycles. The maximum Gasteiger partial charge on any atom is 0.282 e. The van der Waals surface area contributed by atoms with Gasteiger partial charge in [-0.3, -0.25) is 0 Å². The summed E-state index contributed by atoms with van der Waals surface area (Å²) in [5.41, 5.74) is 0. The van der Waals surface area contributed by atoms with Crippen molar-refractivity contribution < 1.29 is 8.23 Å². The van der Waals surface area contributed by atoms with Crippen LogP contribution < -0.4 is 0 Å². The molecule has 0 heterocycles. The monoisotopic (exact) mass is 122 g/mol. The van der Waals surface area contributed by atoms with Gasteiger partial charge >= 0.3 is 0 Å². The topological polar surface area (TPSA) is 18.5 Å². The average molecular weight is 122 g/mol. The summed E-state index contributed by atoms with van der Waals surface area (Å²) in [7, 11) is 2.44. The summed E-state index contributed by atoms with van der Waals surface area (Å²) in [6, 6.07) is 0. The fraction of sp³-hybridized carbons (Fsp3) is 0. The minimum atomic E-state index is -0.543. The predicted octanol–water partition coefficient (Wildman–Crippen LogP) is -2.89. The molecule has 0 aliphatic rings. The van der Waals surface area contributed by atoms with E-state index in [9.17, 15) is 0 Å². The van der Waals surface area contributed by atoms with Gasteiger partial charge in [-0.2, -0.15) is 0 Å². The van der Waals surface area contributed by atoms with Crippen molar-refractivity contribution in [2.24, 2.45) is 0 Å².